The Morgan fingerprint density at radius 3 is 2.41 bits per heavy atom. The summed E-state index contributed by atoms with van der Waals surface area (Å²) in [5, 5.41) is 0.655. The van der Waals surface area contributed by atoms with Crippen LogP contribution in [0.2, 0.25) is 5.02 Å². The molecular weight excluding hydrogens is 240 g/mol. The van der Waals surface area contributed by atoms with Crippen molar-refractivity contribution in [2.24, 2.45) is 5.41 Å². The number of benzene rings is 1. The van der Waals surface area contributed by atoms with E-state index in [-0.39, 0.29) is 12.6 Å². The second kappa shape index (κ2) is 5.92. The van der Waals surface area contributed by atoms with E-state index in [1.807, 2.05) is 0 Å². The molecule has 0 atom stereocenters. The van der Waals surface area contributed by atoms with E-state index in [1.165, 1.54) is 0 Å². The molecule has 0 fully saturated rings. The maximum absolute atomic E-state index is 11.6. The highest BCUT2D eigenvalue weighted by molar-refractivity contribution is 6.30. The van der Waals surface area contributed by atoms with Crippen molar-refractivity contribution >= 4 is 17.6 Å². The molecule has 3 nitrogen and oxygen atoms in total. The van der Waals surface area contributed by atoms with Crippen LogP contribution in [0.3, 0.4) is 0 Å². The molecule has 1 aromatic carbocycles. The monoisotopic (exact) mass is 256 g/mol. The van der Waals surface area contributed by atoms with Crippen LogP contribution in [0, 0.1) is 5.41 Å². The fourth-order valence-electron chi connectivity index (χ4n) is 1.18. The maximum atomic E-state index is 11.6. The van der Waals surface area contributed by atoms with Crippen LogP contribution in [0.4, 0.5) is 0 Å². The van der Waals surface area contributed by atoms with Crippen LogP contribution in [-0.2, 0) is 9.53 Å². The molecule has 0 aliphatic rings. The molecule has 94 valence electrons. The van der Waals surface area contributed by atoms with E-state index in [0.29, 0.717) is 17.4 Å². The van der Waals surface area contributed by atoms with Gasteiger partial charge in [0.1, 0.15) is 12.4 Å². The number of carbonyl (C=O) groups is 1. The third-order valence-corrected chi connectivity index (χ3v) is 2.49. The minimum atomic E-state index is -0.657. The molecule has 0 radical (unpaired) electrons. The first-order chi connectivity index (χ1) is 7.95. The second-order valence-electron chi connectivity index (χ2n) is 4.35. The molecule has 0 saturated heterocycles. The molecule has 17 heavy (non-hydrogen) atoms. The van der Waals surface area contributed by atoms with Crippen molar-refractivity contribution < 1.29 is 14.3 Å². The Labute approximate surface area is 107 Å². The molecule has 1 rings (SSSR count). The molecule has 0 N–H and O–H groups in total. The van der Waals surface area contributed by atoms with Gasteiger partial charge in [-0.2, -0.15) is 0 Å². The van der Waals surface area contributed by atoms with Crippen molar-refractivity contribution in [1.29, 1.82) is 0 Å². The summed E-state index contributed by atoms with van der Waals surface area (Å²) in [5.41, 5.74) is -0.657. The van der Waals surface area contributed by atoms with Crippen LogP contribution in [-0.4, -0.2) is 19.2 Å². The summed E-state index contributed by atoms with van der Waals surface area (Å²) >= 11 is 5.76. The van der Waals surface area contributed by atoms with Gasteiger partial charge >= 0.3 is 5.97 Å². The van der Waals surface area contributed by atoms with Crippen LogP contribution < -0.4 is 4.74 Å². The zero-order valence-corrected chi connectivity index (χ0v) is 11.1. The quantitative estimate of drug-likeness (QED) is 0.759. The van der Waals surface area contributed by atoms with Gasteiger partial charge in [-0.25, -0.2) is 0 Å². The molecule has 1 aromatic rings. The lowest BCUT2D eigenvalue weighted by atomic mass is 9.95. The Morgan fingerprint density at radius 1 is 1.29 bits per heavy atom. The predicted octanol–water partition coefficient (Wildman–Crippen LogP) is 3.31. The van der Waals surface area contributed by atoms with Gasteiger partial charge in [-0.1, -0.05) is 11.6 Å². The van der Waals surface area contributed by atoms with Gasteiger partial charge in [0.2, 0.25) is 0 Å². The van der Waals surface area contributed by atoms with Crippen LogP contribution in [0.25, 0.3) is 0 Å². The molecule has 0 aliphatic carbocycles. The zero-order chi connectivity index (χ0) is 12.9. The van der Waals surface area contributed by atoms with E-state index in [4.69, 9.17) is 21.1 Å². The third kappa shape index (κ3) is 4.27. The van der Waals surface area contributed by atoms with E-state index in [9.17, 15) is 4.79 Å². The van der Waals surface area contributed by atoms with Crippen molar-refractivity contribution in [3.63, 3.8) is 0 Å². The lowest BCUT2D eigenvalue weighted by molar-refractivity contribution is -0.155. The lowest BCUT2D eigenvalue weighted by Crippen LogP contribution is -2.32. The zero-order valence-electron chi connectivity index (χ0n) is 10.3. The Hall–Kier alpha value is -1.22. The van der Waals surface area contributed by atoms with E-state index < -0.39 is 5.41 Å². The van der Waals surface area contributed by atoms with Gasteiger partial charge in [0.15, 0.2) is 0 Å². The van der Waals surface area contributed by atoms with Gasteiger partial charge in [-0.15, -0.1) is 0 Å². The van der Waals surface area contributed by atoms with Crippen LogP contribution >= 0.6 is 11.6 Å². The highest BCUT2D eigenvalue weighted by Crippen LogP contribution is 2.21. The number of carbonyl (C=O) groups excluding carboxylic acids is 1. The molecule has 0 bridgehead atoms. The van der Waals surface area contributed by atoms with Crippen molar-refractivity contribution in [2.75, 3.05) is 13.2 Å². The molecule has 0 aromatic heterocycles. The van der Waals surface area contributed by atoms with Gasteiger partial charge in [0, 0.05) is 5.02 Å². The van der Waals surface area contributed by atoms with Gasteiger partial charge in [0.25, 0.3) is 0 Å². The molecule has 0 heterocycles. The van der Waals surface area contributed by atoms with Gasteiger partial charge in [0.05, 0.1) is 12.0 Å². The van der Waals surface area contributed by atoms with Gasteiger partial charge in [-0.05, 0) is 45.0 Å². The Morgan fingerprint density at radius 2 is 1.88 bits per heavy atom. The molecule has 4 heteroatoms. The van der Waals surface area contributed by atoms with Gasteiger partial charge in [-0.3, -0.25) is 4.79 Å². The Kier molecular flexibility index (Phi) is 4.82. The fraction of sp³-hybridized carbons (Fsp3) is 0.462. The molecule has 0 aliphatic heterocycles. The highest BCUT2D eigenvalue weighted by Gasteiger charge is 2.30. The summed E-state index contributed by atoms with van der Waals surface area (Å²) in [6.45, 7) is 6.02. The van der Waals surface area contributed by atoms with Crippen molar-refractivity contribution in [3.05, 3.63) is 29.3 Å². The number of rotatable bonds is 5. The predicted molar refractivity (Wildman–Crippen MR) is 67.4 cm³/mol. The van der Waals surface area contributed by atoms with Crippen LogP contribution in [0.5, 0.6) is 5.75 Å². The standard InChI is InChI=1S/C13H17ClO3/c1-4-16-12(15)13(2,3)9-17-11-7-5-10(14)6-8-11/h5-8H,4,9H2,1-3H3. The van der Waals surface area contributed by atoms with Crippen molar-refractivity contribution in [1.82, 2.24) is 0 Å². The normalized spacial score (nSPS) is 11.1. The fourth-order valence-corrected chi connectivity index (χ4v) is 1.31. The summed E-state index contributed by atoms with van der Waals surface area (Å²) < 4.78 is 10.5. The lowest BCUT2D eigenvalue weighted by Gasteiger charge is -2.22. The first kappa shape index (κ1) is 13.8. The SMILES string of the molecule is CCOC(=O)C(C)(C)COc1ccc(Cl)cc1. The third-order valence-electron chi connectivity index (χ3n) is 2.24. The maximum Gasteiger partial charge on any atom is 0.314 e. The molecule has 0 unspecified atom stereocenters. The topological polar surface area (TPSA) is 35.5 Å². The molecular formula is C13H17ClO3. The second-order valence-corrected chi connectivity index (χ2v) is 4.78. The summed E-state index contributed by atoms with van der Waals surface area (Å²) in [5.74, 6) is 0.431. The number of esters is 1. The number of halogens is 1. The summed E-state index contributed by atoms with van der Waals surface area (Å²) in [6.07, 6.45) is 0. The Bertz CT molecular complexity index is 371. The van der Waals surface area contributed by atoms with E-state index in [0.717, 1.165) is 0 Å². The average molecular weight is 257 g/mol. The van der Waals surface area contributed by atoms with E-state index in [2.05, 4.69) is 0 Å². The molecule has 0 saturated carbocycles. The summed E-state index contributed by atoms with van der Waals surface area (Å²) in [7, 11) is 0. The van der Waals surface area contributed by atoms with E-state index in [1.54, 1.807) is 45.0 Å². The number of hydrogen-bond acceptors (Lipinski definition) is 3. The van der Waals surface area contributed by atoms with Gasteiger partial charge < -0.3 is 9.47 Å². The average Bonchev–Trinajstić information content (AvgIpc) is 2.29. The minimum Gasteiger partial charge on any atom is -0.492 e. The van der Waals surface area contributed by atoms with Crippen molar-refractivity contribution in [3.8, 4) is 5.75 Å². The first-order valence-electron chi connectivity index (χ1n) is 5.51. The highest BCUT2D eigenvalue weighted by atomic mass is 35.5. The number of hydrogen-bond donors (Lipinski definition) is 0. The largest absolute Gasteiger partial charge is 0.492 e. The Balaban J connectivity index is 2.54. The van der Waals surface area contributed by atoms with E-state index >= 15 is 0 Å². The molecule has 0 amide bonds. The van der Waals surface area contributed by atoms with Crippen LogP contribution in [0.1, 0.15) is 20.8 Å². The summed E-state index contributed by atoms with van der Waals surface area (Å²) in [6, 6.07) is 7.02. The molecule has 0 spiro atoms. The minimum absolute atomic E-state index is 0.256. The summed E-state index contributed by atoms with van der Waals surface area (Å²) in [4.78, 5) is 11.6. The van der Waals surface area contributed by atoms with Crippen molar-refractivity contribution in [2.45, 2.75) is 20.8 Å². The van der Waals surface area contributed by atoms with Crippen LogP contribution in [0.15, 0.2) is 24.3 Å². The first-order valence-corrected chi connectivity index (χ1v) is 5.89. The number of ether oxygens (including phenoxy) is 2. The smallest absolute Gasteiger partial charge is 0.314 e.